The van der Waals surface area contributed by atoms with Gasteiger partial charge in [0.15, 0.2) is 6.61 Å². The third kappa shape index (κ3) is 4.99. The van der Waals surface area contributed by atoms with Gasteiger partial charge in [-0.2, -0.15) is 13.2 Å². The number of rotatable bonds is 6. The zero-order chi connectivity index (χ0) is 19.3. The number of para-hydroxylation sites is 1. The van der Waals surface area contributed by atoms with Crippen molar-refractivity contribution in [2.45, 2.75) is 6.18 Å². The molecule has 1 amide bonds. The second-order valence-electron chi connectivity index (χ2n) is 4.88. The SMILES string of the molecule is O=C(COc1ccccc1Cl)NNc1ccc(C(F)(F)F)cc1[N+](=O)[O-]. The number of anilines is 1. The molecule has 26 heavy (non-hydrogen) atoms. The van der Waals surface area contributed by atoms with Gasteiger partial charge in [-0.1, -0.05) is 23.7 Å². The fraction of sp³-hybridized carbons (Fsp3) is 0.133. The van der Waals surface area contributed by atoms with Crippen LogP contribution in [0.15, 0.2) is 42.5 Å². The van der Waals surface area contributed by atoms with E-state index in [4.69, 9.17) is 16.3 Å². The Labute approximate surface area is 149 Å². The van der Waals surface area contributed by atoms with Crippen molar-refractivity contribution in [3.05, 3.63) is 63.2 Å². The van der Waals surface area contributed by atoms with Crippen LogP contribution in [0.4, 0.5) is 24.5 Å². The first-order valence-electron chi connectivity index (χ1n) is 6.96. The first kappa shape index (κ1) is 19.3. The number of ether oxygens (including phenoxy) is 1. The van der Waals surface area contributed by atoms with E-state index in [1.165, 1.54) is 6.07 Å². The molecule has 7 nitrogen and oxygen atoms in total. The van der Waals surface area contributed by atoms with Crippen LogP contribution in [0.1, 0.15) is 5.56 Å². The predicted molar refractivity (Wildman–Crippen MR) is 86.8 cm³/mol. The van der Waals surface area contributed by atoms with Gasteiger partial charge in [-0.05, 0) is 24.3 Å². The Balaban J connectivity index is 2.01. The van der Waals surface area contributed by atoms with E-state index in [9.17, 15) is 28.1 Å². The summed E-state index contributed by atoms with van der Waals surface area (Å²) in [6.45, 7) is -0.467. The van der Waals surface area contributed by atoms with E-state index in [1.807, 2.05) is 0 Å². The summed E-state index contributed by atoms with van der Waals surface area (Å²) in [5.74, 6) is -0.469. The van der Waals surface area contributed by atoms with Crippen LogP contribution in [-0.4, -0.2) is 17.4 Å². The smallest absolute Gasteiger partial charge is 0.416 e. The highest BCUT2D eigenvalue weighted by atomic mass is 35.5. The van der Waals surface area contributed by atoms with Crippen LogP contribution in [0.5, 0.6) is 5.75 Å². The normalized spacial score (nSPS) is 10.9. The van der Waals surface area contributed by atoms with Gasteiger partial charge < -0.3 is 4.74 Å². The van der Waals surface area contributed by atoms with Crippen molar-refractivity contribution in [2.75, 3.05) is 12.0 Å². The van der Waals surface area contributed by atoms with Crippen LogP contribution < -0.4 is 15.6 Å². The quantitative estimate of drug-likeness (QED) is 0.579. The number of benzene rings is 2. The van der Waals surface area contributed by atoms with Crippen molar-refractivity contribution >= 4 is 28.9 Å². The lowest BCUT2D eigenvalue weighted by molar-refractivity contribution is -0.384. The van der Waals surface area contributed by atoms with Crippen LogP contribution in [0.3, 0.4) is 0 Å². The maximum absolute atomic E-state index is 12.6. The number of carbonyl (C=O) groups excluding carboxylic acids is 1. The molecule has 0 aliphatic carbocycles. The Bertz CT molecular complexity index is 830. The number of hydrazine groups is 1. The molecule has 0 bridgehead atoms. The summed E-state index contributed by atoms with van der Waals surface area (Å²) in [6.07, 6.45) is -4.73. The van der Waals surface area contributed by atoms with Gasteiger partial charge in [0.2, 0.25) is 0 Å². The van der Waals surface area contributed by atoms with Crippen molar-refractivity contribution < 1.29 is 27.6 Å². The number of alkyl halides is 3. The lowest BCUT2D eigenvalue weighted by Gasteiger charge is -2.12. The van der Waals surface area contributed by atoms with Crippen LogP contribution in [-0.2, 0) is 11.0 Å². The first-order valence-corrected chi connectivity index (χ1v) is 7.34. The second-order valence-corrected chi connectivity index (χ2v) is 5.29. The number of nitrogens with one attached hydrogen (secondary N) is 2. The van der Waals surface area contributed by atoms with Crippen LogP contribution in [0.25, 0.3) is 0 Å². The molecule has 0 saturated heterocycles. The molecule has 0 fully saturated rings. The minimum absolute atomic E-state index is 0.254. The molecular formula is C15H11ClF3N3O4. The maximum atomic E-state index is 12.6. The van der Waals surface area contributed by atoms with Gasteiger partial charge in [0.05, 0.1) is 15.5 Å². The van der Waals surface area contributed by atoms with Crippen molar-refractivity contribution in [2.24, 2.45) is 0 Å². The molecule has 138 valence electrons. The highest BCUT2D eigenvalue weighted by Gasteiger charge is 2.33. The standard InChI is InChI=1S/C15H11ClF3N3O4/c16-10-3-1-2-4-13(10)26-8-14(23)21-20-11-6-5-9(15(17,18)19)7-12(11)22(24)25/h1-7,20H,8H2,(H,21,23). The molecule has 0 radical (unpaired) electrons. The van der Waals surface area contributed by atoms with Crippen LogP contribution >= 0.6 is 11.6 Å². The Morgan fingerprint density at radius 2 is 1.92 bits per heavy atom. The molecule has 2 N–H and O–H groups in total. The molecule has 0 saturated carbocycles. The monoisotopic (exact) mass is 389 g/mol. The molecule has 2 rings (SSSR count). The fourth-order valence-corrected chi connectivity index (χ4v) is 2.03. The Hall–Kier alpha value is -3.01. The second kappa shape index (κ2) is 7.91. The molecular weight excluding hydrogens is 379 g/mol. The molecule has 0 spiro atoms. The Kier molecular flexibility index (Phi) is 5.88. The maximum Gasteiger partial charge on any atom is 0.416 e. The molecule has 2 aromatic carbocycles. The predicted octanol–water partition coefficient (Wildman–Crippen LogP) is 3.79. The number of nitro benzene ring substituents is 1. The highest BCUT2D eigenvalue weighted by Crippen LogP contribution is 2.34. The molecule has 0 aliphatic rings. The van der Waals surface area contributed by atoms with Gasteiger partial charge in [0, 0.05) is 6.07 Å². The van der Waals surface area contributed by atoms with Gasteiger partial charge in [-0.15, -0.1) is 0 Å². The average Bonchev–Trinajstić information content (AvgIpc) is 2.58. The van der Waals surface area contributed by atoms with E-state index in [1.54, 1.807) is 18.2 Å². The summed E-state index contributed by atoms with van der Waals surface area (Å²) >= 11 is 5.85. The summed E-state index contributed by atoms with van der Waals surface area (Å²) in [5.41, 5.74) is 1.97. The lowest BCUT2D eigenvalue weighted by Crippen LogP contribution is -2.33. The van der Waals surface area contributed by atoms with Gasteiger partial charge >= 0.3 is 6.18 Å². The van der Waals surface area contributed by atoms with Crippen molar-refractivity contribution in [1.29, 1.82) is 0 Å². The zero-order valence-electron chi connectivity index (χ0n) is 12.8. The van der Waals surface area contributed by atoms with Crippen LogP contribution in [0.2, 0.25) is 5.02 Å². The number of nitro groups is 1. The number of hydrogen-bond donors (Lipinski definition) is 2. The van der Waals surface area contributed by atoms with Gasteiger partial charge in [0.1, 0.15) is 11.4 Å². The average molecular weight is 390 g/mol. The van der Waals surface area contributed by atoms with E-state index >= 15 is 0 Å². The minimum atomic E-state index is -4.73. The van der Waals surface area contributed by atoms with Gasteiger partial charge in [0.25, 0.3) is 11.6 Å². The summed E-state index contributed by atoms with van der Waals surface area (Å²) in [5, 5.41) is 11.2. The number of carbonyl (C=O) groups is 1. The van der Waals surface area contributed by atoms with Crippen molar-refractivity contribution in [1.82, 2.24) is 5.43 Å². The molecule has 2 aromatic rings. The van der Waals surface area contributed by atoms with Gasteiger partial charge in [-0.3, -0.25) is 25.8 Å². The topological polar surface area (TPSA) is 93.5 Å². The molecule has 0 heterocycles. The fourth-order valence-electron chi connectivity index (χ4n) is 1.84. The number of nitrogens with zero attached hydrogens (tertiary/aromatic N) is 1. The third-order valence-electron chi connectivity index (χ3n) is 3.05. The third-order valence-corrected chi connectivity index (χ3v) is 3.37. The van der Waals surface area contributed by atoms with E-state index in [0.29, 0.717) is 12.1 Å². The number of halogens is 4. The van der Waals surface area contributed by atoms with Crippen molar-refractivity contribution in [3.8, 4) is 5.75 Å². The van der Waals surface area contributed by atoms with Crippen LogP contribution in [0, 0.1) is 10.1 Å². The summed E-state index contributed by atoms with van der Waals surface area (Å²) in [4.78, 5) is 21.7. The summed E-state index contributed by atoms with van der Waals surface area (Å²) in [6, 6.07) is 8.26. The number of hydrogen-bond acceptors (Lipinski definition) is 5. The Morgan fingerprint density at radius 3 is 2.54 bits per heavy atom. The number of amides is 1. The Morgan fingerprint density at radius 1 is 1.23 bits per heavy atom. The van der Waals surface area contributed by atoms with E-state index < -0.39 is 34.9 Å². The highest BCUT2D eigenvalue weighted by molar-refractivity contribution is 6.32. The molecule has 0 unspecified atom stereocenters. The molecule has 0 aromatic heterocycles. The first-order chi connectivity index (χ1) is 12.2. The minimum Gasteiger partial charge on any atom is -0.482 e. The van der Waals surface area contributed by atoms with E-state index in [2.05, 4.69) is 10.9 Å². The largest absolute Gasteiger partial charge is 0.482 e. The summed E-state index contributed by atoms with van der Waals surface area (Å²) in [7, 11) is 0. The molecule has 0 atom stereocenters. The summed E-state index contributed by atoms with van der Waals surface area (Å²) < 4.78 is 43.1. The lowest BCUT2D eigenvalue weighted by atomic mass is 10.1. The van der Waals surface area contributed by atoms with Gasteiger partial charge in [-0.25, -0.2) is 0 Å². The van der Waals surface area contributed by atoms with E-state index in [0.717, 1.165) is 6.07 Å². The zero-order valence-corrected chi connectivity index (χ0v) is 13.6. The van der Waals surface area contributed by atoms with E-state index in [-0.39, 0.29) is 16.5 Å². The molecule has 11 heteroatoms. The van der Waals surface area contributed by atoms with Crippen molar-refractivity contribution in [3.63, 3.8) is 0 Å². The molecule has 0 aliphatic heterocycles.